The molecular weight excluding hydrogens is 326 g/mol. The average Bonchev–Trinajstić information content (AvgIpc) is 2.65. The van der Waals surface area contributed by atoms with Gasteiger partial charge in [0.15, 0.2) is 0 Å². The minimum Gasteiger partial charge on any atom is -0.348 e. The predicted octanol–water partition coefficient (Wildman–Crippen LogP) is 3.76. The standard InChI is InChI=1S/C9H18N2O2.C8H17N.2C2H6/c1-6(2)8(10-4)9(13)11-5-7(3)12;1-7-2-4-8(6-9)5-3-7;2*1-2/h6,8,10H,5H2,1-4H3,(H,11,13);7-8H,2-6,9H2,1H3;2*1-2H3. The van der Waals surface area contributed by atoms with E-state index in [4.69, 9.17) is 5.73 Å². The molecule has 1 rings (SSSR count). The van der Waals surface area contributed by atoms with Crippen molar-refractivity contribution in [2.45, 2.75) is 87.1 Å². The largest absolute Gasteiger partial charge is 0.348 e. The number of hydrogen-bond acceptors (Lipinski definition) is 4. The SMILES string of the molecule is CC.CC.CC1CCC(CN)CC1.CNC(C(=O)NCC(C)=O)C(C)C. The molecule has 0 heterocycles. The fourth-order valence-corrected chi connectivity index (χ4v) is 2.65. The number of rotatable bonds is 6. The van der Waals surface area contributed by atoms with E-state index in [0.717, 1.165) is 18.4 Å². The maximum atomic E-state index is 11.4. The molecule has 1 aliphatic rings. The Hall–Kier alpha value is -0.940. The monoisotopic (exact) mass is 373 g/mol. The van der Waals surface area contributed by atoms with Gasteiger partial charge in [0.1, 0.15) is 5.78 Å². The molecule has 1 saturated carbocycles. The lowest BCUT2D eigenvalue weighted by Crippen LogP contribution is -2.46. The van der Waals surface area contributed by atoms with Gasteiger partial charge in [0.25, 0.3) is 0 Å². The van der Waals surface area contributed by atoms with Gasteiger partial charge < -0.3 is 16.4 Å². The van der Waals surface area contributed by atoms with Crippen LogP contribution in [0.1, 0.15) is 81.1 Å². The van der Waals surface area contributed by atoms with Crippen molar-refractivity contribution in [2.75, 3.05) is 20.1 Å². The summed E-state index contributed by atoms with van der Waals surface area (Å²) in [5.41, 5.74) is 5.55. The van der Waals surface area contributed by atoms with Crippen LogP contribution in [0.3, 0.4) is 0 Å². The van der Waals surface area contributed by atoms with E-state index in [1.807, 2.05) is 41.5 Å². The second-order valence-corrected chi connectivity index (χ2v) is 6.79. The van der Waals surface area contributed by atoms with Crippen molar-refractivity contribution in [1.82, 2.24) is 10.6 Å². The highest BCUT2D eigenvalue weighted by Gasteiger charge is 2.19. The predicted molar refractivity (Wildman–Crippen MR) is 114 cm³/mol. The highest BCUT2D eigenvalue weighted by molar-refractivity contribution is 5.87. The molecule has 1 amide bonds. The Bertz CT molecular complexity index is 325. The van der Waals surface area contributed by atoms with Crippen molar-refractivity contribution < 1.29 is 9.59 Å². The molecule has 5 heteroatoms. The van der Waals surface area contributed by atoms with Gasteiger partial charge in [-0.3, -0.25) is 9.59 Å². The van der Waals surface area contributed by atoms with Crippen molar-refractivity contribution >= 4 is 11.7 Å². The maximum Gasteiger partial charge on any atom is 0.237 e. The van der Waals surface area contributed by atoms with E-state index in [9.17, 15) is 9.59 Å². The molecule has 0 radical (unpaired) electrons. The summed E-state index contributed by atoms with van der Waals surface area (Å²) in [6.07, 6.45) is 5.55. The Morgan fingerprint density at radius 1 is 1.04 bits per heavy atom. The number of carbonyl (C=O) groups is 2. The quantitative estimate of drug-likeness (QED) is 0.662. The lowest BCUT2D eigenvalue weighted by molar-refractivity contribution is -0.126. The number of amides is 1. The molecule has 1 aliphatic carbocycles. The molecule has 26 heavy (non-hydrogen) atoms. The maximum absolute atomic E-state index is 11.4. The normalized spacial score (nSPS) is 19.5. The molecule has 0 aliphatic heterocycles. The zero-order valence-corrected chi connectivity index (χ0v) is 18.9. The van der Waals surface area contributed by atoms with E-state index >= 15 is 0 Å². The van der Waals surface area contributed by atoms with Gasteiger partial charge >= 0.3 is 0 Å². The van der Waals surface area contributed by atoms with Crippen LogP contribution in [-0.4, -0.2) is 37.9 Å². The van der Waals surface area contributed by atoms with Gasteiger partial charge in [-0.1, -0.05) is 61.3 Å². The van der Waals surface area contributed by atoms with Gasteiger partial charge in [0.2, 0.25) is 5.91 Å². The number of Topliss-reactive ketones (excluding diaryl/α,β-unsaturated/α-hetero) is 1. The zero-order valence-electron chi connectivity index (χ0n) is 18.9. The molecule has 0 saturated heterocycles. The molecule has 1 fully saturated rings. The molecule has 158 valence electrons. The van der Waals surface area contributed by atoms with Crippen molar-refractivity contribution in [3.8, 4) is 0 Å². The van der Waals surface area contributed by atoms with E-state index in [2.05, 4.69) is 17.6 Å². The van der Waals surface area contributed by atoms with Crippen molar-refractivity contribution in [1.29, 1.82) is 0 Å². The van der Waals surface area contributed by atoms with Crippen LogP contribution < -0.4 is 16.4 Å². The average molecular weight is 374 g/mol. The molecule has 0 aromatic heterocycles. The van der Waals surface area contributed by atoms with E-state index in [-0.39, 0.29) is 30.2 Å². The first-order valence-corrected chi connectivity index (χ1v) is 10.5. The molecule has 0 aromatic rings. The lowest BCUT2D eigenvalue weighted by Gasteiger charge is -2.24. The molecule has 4 N–H and O–H groups in total. The number of nitrogens with one attached hydrogen (secondary N) is 2. The molecule has 0 aromatic carbocycles. The number of hydrogen-bond donors (Lipinski definition) is 3. The minimum absolute atomic E-state index is 0.0352. The third kappa shape index (κ3) is 16.5. The van der Waals surface area contributed by atoms with Gasteiger partial charge in [-0.05, 0) is 51.1 Å². The van der Waals surface area contributed by atoms with Gasteiger partial charge in [-0.2, -0.15) is 0 Å². The summed E-state index contributed by atoms with van der Waals surface area (Å²) in [5, 5.41) is 5.47. The first-order valence-electron chi connectivity index (χ1n) is 10.5. The van der Waals surface area contributed by atoms with E-state index in [1.165, 1.54) is 32.6 Å². The van der Waals surface area contributed by atoms with Crippen LogP contribution in [0.2, 0.25) is 0 Å². The van der Waals surface area contributed by atoms with Crippen LogP contribution in [-0.2, 0) is 9.59 Å². The lowest BCUT2D eigenvalue weighted by atomic mass is 9.83. The van der Waals surface area contributed by atoms with Gasteiger partial charge in [0.05, 0.1) is 12.6 Å². The number of ketones is 1. The first-order chi connectivity index (χ1) is 12.3. The molecule has 1 atom stereocenters. The van der Waals surface area contributed by atoms with E-state index < -0.39 is 0 Å². The Morgan fingerprint density at radius 2 is 1.50 bits per heavy atom. The third-order valence-electron chi connectivity index (χ3n) is 4.24. The number of likely N-dealkylation sites (N-methyl/N-ethyl adjacent to an activating group) is 1. The molecule has 1 unspecified atom stereocenters. The molecule has 5 nitrogen and oxygen atoms in total. The van der Waals surface area contributed by atoms with Crippen LogP contribution in [0.4, 0.5) is 0 Å². The topological polar surface area (TPSA) is 84.2 Å². The second-order valence-electron chi connectivity index (χ2n) is 6.79. The Kier molecular flexibility index (Phi) is 23.4. The van der Waals surface area contributed by atoms with Crippen LogP contribution in [0.15, 0.2) is 0 Å². The summed E-state index contributed by atoms with van der Waals surface area (Å²) in [7, 11) is 1.73. The Balaban J connectivity index is -0.000000353. The van der Waals surface area contributed by atoms with Crippen molar-refractivity contribution in [2.24, 2.45) is 23.5 Å². The summed E-state index contributed by atoms with van der Waals surface area (Å²) < 4.78 is 0. The Morgan fingerprint density at radius 3 is 1.81 bits per heavy atom. The molecule has 0 bridgehead atoms. The smallest absolute Gasteiger partial charge is 0.237 e. The van der Waals surface area contributed by atoms with Crippen molar-refractivity contribution in [3.63, 3.8) is 0 Å². The fraction of sp³-hybridized carbons (Fsp3) is 0.905. The van der Waals surface area contributed by atoms with E-state index in [0.29, 0.717) is 0 Å². The van der Waals surface area contributed by atoms with Crippen LogP contribution in [0.25, 0.3) is 0 Å². The number of nitrogens with two attached hydrogens (primary N) is 1. The zero-order chi connectivity index (χ0) is 21.1. The summed E-state index contributed by atoms with van der Waals surface area (Å²) in [4.78, 5) is 22.0. The fourth-order valence-electron chi connectivity index (χ4n) is 2.65. The highest BCUT2D eigenvalue weighted by atomic mass is 16.2. The highest BCUT2D eigenvalue weighted by Crippen LogP contribution is 2.27. The molecule has 0 spiro atoms. The number of carbonyl (C=O) groups excluding carboxylic acids is 2. The molecular formula is C21H47N3O2. The van der Waals surface area contributed by atoms with Crippen LogP contribution in [0, 0.1) is 17.8 Å². The Labute approximate surface area is 163 Å². The van der Waals surface area contributed by atoms with E-state index in [1.54, 1.807) is 7.05 Å². The van der Waals surface area contributed by atoms with Gasteiger partial charge in [-0.25, -0.2) is 0 Å². The minimum atomic E-state index is -0.223. The summed E-state index contributed by atoms with van der Waals surface area (Å²) in [6.45, 7) is 16.7. The van der Waals surface area contributed by atoms with Gasteiger partial charge in [-0.15, -0.1) is 0 Å². The van der Waals surface area contributed by atoms with Crippen LogP contribution in [0.5, 0.6) is 0 Å². The third-order valence-corrected chi connectivity index (χ3v) is 4.24. The van der Waals surface area contributed by atoms with Crippen LogP contribution >= 0.6 is 0 Å². The second kappa shape index (κ2) is 20.4. The van der Waals surface area contributed by atoms with Gasteiger partial charge in [0, 0.05) is 0 Å². The first kappa shape index (κ1) is 29.8. The summed E-state index contributed by atoms with van der Waals surface area (Å²) in [5.74, 6) is 1.88. The summed E-state index contributed by atoms with van der Waals surface area (Å²) >= 11 is 0. The van der Waals surface area contributed by atoms with Crippen molar-refractivity contribution in [3.05, 3.63) is 0 Å². The summed E-state index contributed by atoms with van der Waals surface area (Å²) in [6, 6.07) is -0.223.